The standard InChI is InChI=1S/C23H23ClFN3O/c1-2-28-11-9-16(10-12-28)27-23(29)15-7-8-17-19(13-15)22(26-14-20(17)24)18-5-3-4-6-21(18)25/h3-8,13-14,16H,2,9-12H2,1H3,(H,27,29). The number of fused-ring (bicyclic) bond motifs is 1. The number of likely N-dealkylation sites (tertiary alicyclic amines) is 1. The van der Waals surface area contributed by atoms with Crippen molar-refractivity contribution in [2.75, 3.05) is 19.6 Å². The lowest BCUT2D eigenvalue weighted by Gasteiger charge is -2.31. The van der Waals surface area contributed by atoms with E-state index in [1.165, 1.54) is 12.3 Å². The molecule has 1 N–H and O–H groups in total. The van der Waals surface area contributed by atoms with Gasteiger partial charge in [0.2, 0.25) is 0 Å². The number of halogens is 2. The Morgan fingerprint density at radius 3 is 2.69 bits per heavy atom. The third kappa shape index (κ3) is 4.11. The minimum atomic E-state index is -0.360. The van der Waals surface area contributed by atoms with Crippen LogP contribution >= 0.6 is 11.6 Å². The molecule has 1 aliphatic rings. The highest BCUT2D eigenvalue weighted by molar-refractivity contribution is 6.35. The van der Waals surface area contributed by atoms with Gasteiger partial charge in [-0.2, -0.15) is 0 Å². The highest BCUT2D eigenvalue weighted by Gasteiger charge is 2.21. The lowest BCUT2D eigenvalue weighted by atomic mass is 10.00. The van der Waals surface area contributed by atoms with Gasteiger partial charge in [0, 0.05) is 47.2 Å². The minimum Gasteiger partial charge on any atom is -0.349 e. The summed E-state index contributed by atoms with van der Waals surface area (Å²) in [4.78, 5) is 19.6. The Hall–Kier alpha value is -2.50. The molecular formula is C23H23ClFN3O. The number of hydrogen-bond acceptors (Lipinski definition) is 3. The van der Waals surface area contributed by atoms with Crippen LogP contribution in [0.5, 0.6) is 0 Å². The zero-order valence-electron chi connectivity index (χ0n) is 16.3. The molecule has 4 rings (SSSR count). The van der Waals surface area contributed by atoms with Crippen molar-refractivity contribution < 1.29 is 9.18 Å². The maximum absolute atomic E-state index is 14.4. The lowest BCUT2D eigenvalue weighted by molar-refractivity contribution is 0.0913. The molecule has 1 aromatic heterocycles. The van der Waals surface area contributed by atoms with Gasteiger partial charge < -0.3 is 10.2 Å². The number of aromatic nitrogens is 1. The Balaban J connectivity index is 1.66. The number of pyridine rings is 1. The Kier molecular flexibility index (Phi) is 5.79. The highest BCUT2D eigenvalue weighted by Crippen LogP contribution is 2.33. The fourth-order valence-electron chi connectivity index (χ4n) is 3.88. The quantitative estimate of drug-likeness (QED) is 0.663. The summed E-state index contributed by atoms with van der Waals surface area (Å²) in [7, 11) is 0. The Morgan fingerprint density at radius 2 is 1.97 bits per heavy atom. The van der Waals surface area contributed by atoms with Gasteiger partial charge in [0.05, 0.1) is 10.7 Å². The number of hydrogen-bond donors (Lipinski definition) is 1. The molecule has 0 atom stereocenters. The molecule has 0 spiro atoms. The van der Waals surface area contributed by atoms with Gasteiger partial charge in [-0.05, 0) is 43.7 Å². The highest BCUT2D eigenvalue weighted by atomic mass is 35.5. The van der Waals surface area contributed by atoms with Crippen LogP contribution in [0.25, 0.3) is 22.0 Å². The van der Waals surface area contributed by atoms with Gasteiger partial charge in [-0.1, -0.05) is 36.7 Å². The molecule has 0 aliphatic carbocycles. The van der Waals surface area contributed by atoms with Crippen molar-refractivity contribution in [2.45, 2.75) is 25.8 Å². The van der Waals surface area contributed by atoms with E-state index < -0.39 is 0 Å². The molecular weight excluding hydrogens is 389 g/mol. The van der Waals surface area contributed by atoms with Crippen LogP contribution in [-0.2, 0) is 0 Å². The number of rotatable bonds is 4. The van der Waals surface area contributed by atoms with Crippen LogP contribution in [0, 0.1) is 5.82 Å². The van der Waals surface area contributed by atoms with Gasteiger partial charge >= 0.3 is 0 Å². The third-order valence-corrected chi connectivity index (χ3v) is 5.90. The monoisotopic (exact) mass is 411 g/mol. The molecule has 1 amide bonds. The number of benzene rings is 2. The molecule has 150 valence electrons. The van der Waals surface area contributed by atoms with E-state index in [-0.39, 0.29) is 17.8 Å². The Bertz CT molecular complexity index is 1050. The van der Waals surface area contributed by atoms with Gasteiger partial charge in [0.25, 0.3) is 5.91 Å². The normalized spacial score (nSPS) is 15.6. The number of amides is 1. The summed E-state index contributed by atoms with van der Waals surface area (Å²) >= 11 is 6.31. The van der Waals surface area contributed by atoms with Crippen LogP contribution in [0.2, 0.25) is 5.02 Å². The van der Waals surface area contributed by atoms with E-state index in [4.69, 9.17) is 11.6 Å². The van der Waals surface area contributed by atoms with Gasteiger partial charge in [0.15, 0.2) is 0 Å². The van der Waals surface area contributed by atoms with Crippen molar-refractivity contribution in [1.82, 2.24) is 15.2 Å². The van der Waals surface area contributed by atoms with E-state index in [0.29, 0.717) is 27.2 Å². The molecule has 1 saturated heterocycles. The number of nitrogens with zero attached hydrogens (tertiary/aromatic N) is 2. The molecule has 2 aromatic carbocycles. The third-order valence-electron chi connectivity index (χ3n) is 5.60. The zero-order valence-corrected chi connectivity index (χ0v) is 17.0. The van der Waals surface area contributed by atoms with Crippen molar-refractivity contribution in [3.05, 3.63) is 65.1 Å². The summed E-state index contributed by atoms with van der Waals surface area (Å²) in [5, 5.41) is 5.01. The van der Waals surface area contributed by atoms with Crippen molar-refractivity contribution in [2.24, 2.45) is 0 Å². The molecule has 0 unspecified atom stereocenters. The molecule has 0 radical (unpaired) electrons. The molecule has 0 bridgehead atoms. The molecule has 29 heavy (non-hydrogen) atoms. The van der Waals surface area contributed by atoms with E-state index in [1.54, 1.807) is 36.4 Å². The first kappa shape index (κ1) is 19.8. The topological polar surface area (TPSA) is 45.2 Å². The maximum Gasteiger partial charge on any atom is 0.251 e. The van der Waals surface area contributed by atoms with Crippen molar-refractivity contribution in [3.8, 4) is 11.3 Å². The van der Waals surface area contributed by atoms with Gasteiger partial charge in [-0.15, -0.1) is 0 Å². The van der Waals surface area contributed by atoms with E-state index in [9.17, 15) is 9.18 Å². The predicted octanol–water partition coefficient (Wildman–Crippen LogP) is 4.91. The fraction of sp³-hybridized carbons (Fsp3) is 0.304. The smallest absolute Gasteiger partial charge is 0.251 e. The van der Waals surface area contributed by atoms with Crippen LogP contribution in [0.4, 0.5) is 4.39 Å². The molecule has 4 nitrogen and oxygen atoms in total. The van der Waals surface area contributed by atoms with Gasteiger partial charge in [-0.3, -0.25) is 9.78 Å². The van der Waals surface area contributed by atoms with Crippen LogP contribution in [0.1, 0.15) is 30.1 Å². The fourth-order valence-corrected chi connectivity index (χ4v) is 4.09. The van der Waals surface area contributed by atoms with E-state index in [0.717, 1.165) is 37.9 Å². The minimum absolute atomic E-state index is 0.124. The van der Waals surface area contributed by atoms with Crippen molar-refractivity contribution in [1.29, 1.82) is 0 Å². The molecule has 2 heterocycles. The van der Waals surface area contributed by atoms with Crippen LogP contribution in [0.15, 0.2) is 48.7 Å². The molecule has 6 heteroatoms. The zero-order chi connectivity index (χ0) is 20.4. The summed E-state index contributed by atoms with van der Waals surface area (Å²) in [5.74, 6) is -0.484. The number of carbonyl (C=O) groups excluding carboxylic acids is 1. The maximum atomic E-state index is 14.4. The second-order valence-corrected chi connectivity index (χ2v) is 7.78. The largest absolute Gasteiger partial charge is 0.349 e. The summed E-state index contributed by atoms with van der Waals surface area (Å²) in [6, 6.07) is 12.0. The molecule has 1 aliphatic heterocycles. The van der Waals surface area contributed by atoms with Gasteiger partial charge in [-0.25, -0.2) is 4.39 Å². The lowest BCUT2D eigenvalue weighted by Crippen LogP contribution is -2.44. The molecule has 3 aromatic rings. The average molecular weight is 412 g/mol. The molecule has 0 saturated carbocycles. The van der Waals surface area contributed by atoms with E-state index in [1.807, 2.05) is 0 Å². The van der Waals surface area contributed by atoms with Crippen molar-refractivity contribution >= 4 is 28.3 Å². The summed E-state index contributed by atoms with van der Waals surface area (Å²) in [6.07, 6.45) is 3.41. The molecule has 1 fully saturated rings. The second-order valence-electron chi connectivity index (χ2n) is 7.38. The first-order valence-corrected chi connectivity index (χ1v) is 10.3. The van der Waals surface area contributed by atoms with Crippen LogP contribution < -0.4 is 5.32 Å². The first-order valence-electron chi connectivity index (χ1n) is 9.93. The first-order chi connectivity index (χ1) is 14.1. The summed E-state index contributed by atoms with van der Waals surface area (Å²) in [6.45, 7) is 5.19. The Morgan fingerprint density at radius 1 is 1.21 bits per heavy atom. The van der Waals surface area contributed by atoms with Gasteiger partial charge in [0.1, 0.15) is 5.82 Å². The SMILES string of the molecule is CCN1CCC(NC(=O)c2ccc3c(Cl)cnc(-c4ccccc4F)c3c2)CC1. The van der Waals surface area contributed by atoms with Crippen LogP contribution in [0.3, 0.4) is 0 Å². The summed E-state index contributed by atoms with van der Waals surface area (Å²) < 4.78 is 14.4. The number of nitrogens with one attached hydrogen (secondary N) is 1. The number of carbonyl (C=O) groups is 1. The second kappa shape index (κ2) is 8.47. The van der Waals surface area contributed by atoms with Crippen molar-refractivity contribution in [3.63, 3.8) is 0 Å². The average Bonchev–Trinajstić information content (AvgIpc) is 2.75. The van der Waals surface area contributed by atoms with Crippen LogP contribution in [-0.4, -0.2) is 41.5 Å². The van der Waals surface area contributed by atoms with E-state index >= 15 is 0 Å². The summed E-state index contributed by atoms with van der Waals surface area (Å²) in [5.41, 5.74) is 1.39. The number of piperidine rings is 1. The Labute approximate surface area is 174 Å². The van der Waals surface area contributed by atoms with E-state index in [2.05, 4.69) is 22.1 Å². The predicted molar refractivity (Wildman–Crippen MR) is 115 cm³/mol.